The average molecular weight is 420 g/mol. The first-order valence-electron chi connectivity index (χ1n) is 7.49. The maximum Gasteiger partial charge on any atom is 0.243 e. The van der Waals surface area contributed by atoms with E-state index in [1.165, 1.54) is 31.4 Å². The summed E-state index contributed by atoms with van der Waals surface area (Å²) in [6, 6.07) is 8.97. The lowest BCUT2D eigenvalue weighted by atomic mass is 10.3. The van der Waals surface area contributed by atoms with Crippen molar-refractivity contribution in [2.75, 3.05) is 20.2 Å². The number of ether oxygens (including phenoxy) is 1. The monoisotopic (exact) mass is 419 g/mol. The Bertz CT molecular complexity index is 1030. The van der Waals surface area contributed by atoms with Crippen LogP contribution in [0.1, 0.15) is 0 Å². The number of hydrogen-bond acceptors (Lipinski definition) is 5. The van der Waals surface area contributed by atoms with Gasteiger partial charge < -0.3 is 4.74 Å². The summed E-state index contributed by atoms with van der Waals surface area (Å²) >= 11 is 5.63. The molecule has 0 amide bonds. The van der Waals surface area contributed by atoms with Crippen LogP contribution in [0.3, 0.4) is 0 Å². The molecule has 140 valence electrons. The van der Waals surface area contributed by atoms with Gasteiger partial charge in [0.05, 0.1) is 27.2 Å². The maximum absolute atomic E-state index is 13.2. The second kappa shape index (κ2) is 6.80. The van der Waals surface area contributed by atoms with E-state index >= 15 is 0 Å². The molecule has 0 aliphatic carbocycles. The van der Waals surface area contributed by atoms with Gasteiger partial charge in [-0.05, 0) is 42.5 Å². The fourth-order valence-electron chi connectivity index (χ4n) is 2.54. The zero-order valence-electron chi connectivity index (χ0n) is 13.6. The molecule has 1 heterocycles. The largest absolute Gasteiger partial charge is 0.497 e. The summed E-state index contributed by atoms with van der Waals surface area (Å²) in [6.07, 6.45) is 0. The van der Waals surface area contributed by atoms with Gasteiger partial charge in [0, 0.05) is 13.1 Å². The molecule has 10 heteroatoms. The third-order valence-electron chi connectivity index (χ3n) is 4.17. The molecular formula is C16H15ClFNO5S2. The number of nitrogens with zero attached hydrogens (tertiary/aromatic N) is 1. The van der Waals surface area contributed by atoms with Gasteiger partial charge in [-0.1, -0.05) is 11.6 Å². The first-order valence-corrected chi connectivity index (χ1v) is 10.9. The van der Waals surface area contributed by atoms with Crippen molar-refractivity contribution in [3.05, 3.63) is 53.3 Å². The third-order valence-corrected chi connectivity index (χ3v) is 8.39. The molecule has 1 fully saturated rings. The third kappa shape index (κ3) is 3.32. The first-order chi connectivity index (χ1) is 12.2. The molecule has 6 nitrogen and oxygen atoms in total. The lowest BCUT2D eigenvalue weighted by molar-refractivity contribution is 0.309. The molecule has 2 aromatic carbocycles. The quantitative estimate of drug-likeness (QED) is 0.743. The molecule has 1 aliphatic rings. The summed E-state index contributed by atoms with van der Waals surface area (Å²) < 4.78 is 69.4. The second-order valence-electron chi connectivity index (χ2n) is 5.74. The van der Waals surface area contributed by atoms with Crippen LogP contribution in [0, 0.1) is 5.82 Å². The van der Waals surface area contributed by atoms with Crippen LogP contribution in [0.5, 0.6) is 5.75 Å². The van der Waals surface area contributed by atoms with Crippen LogP contribution in [-0.4, -0.2) is 46.6 Å². The molecule has 0 aromatic heterocycles. The Morgan fingerprint density at radius 3 is 2.15 bits per heavy atom. The van der Waals surface area contributed by atoms with E-state index in [0.29, 0.717) is 5.75 Å². The van der Waals surface area contributed by atoms with Crippen LogP contribution in [0.25, 0.3) is 0 Å². The molecule has 1 saturated heterocycles. The highest BCUT2D eigenvalue weighted by Crippen LogP contribution is 2.30. The summed E-state index contributed by atoms with van der Waals surface area (Å²) in [5.74, 6) is -0.205. The van der Waals surface area contributed by atoms with Crippen LogP contribution in [-0.2, 0) is 19.9 Å². The highest BCUT2D eigenvalue weighted by molar-refractivity contribution is 7.92. The number of sulfone groups is 1. The molecular weight excluding hydrogens is 405 g/mol. The molecule has 0 N–H and O–H groups in total. The van der Waals surface area contributed by atoms with E-state index in [-0.39, 0.29) is 27.9 Å². The number of sulfonamides is 1. The Labute approximate surface area is 156 Å². The Morgan fingerprint density at radius 1 is 1.04 bits per heavy atom. The molecule has 0 spiro atoms. The Hall–Kier alpha value is -1.68. The van der Waals surface area contributed by atoms with Crippen molar-refractivity contribution >= 4 is 31.5 Å². The lowest BCUT2D eigenvalue weighted by Gasteiger charge is -2.37. The van der Waals surface area contributed by atoms with Crippen LogP contribution < -0.4 is 4.74 Å². The van der Waals surface area contributed by atoms with Crippen molar-refractivity contribution < 1.29 is 26.0 Å². The predicted octanol–water partition coefficient (Wildman–Crippen LogP) is 2.33. The van der Waals surface area contributed by atoms with Gasteiger partial charge in [0.25, 0.3) is 0 Å². The van der Waals surface area contributed by atoms with Gasteiger partial charge in [-0.3, -0.25) is 0 Å². The van der Waals surface area contributed by atoms with Crippen molar-refractivity contribution in [2.45, 2.75) is 15.0 Å². The van der Waals surface area contributed by atoms with Gasteiger partial charge in [0.1, 0.15) is 11.6 Å². The summed E-state index contributed by atoms with van der Waals surface area (Å²) in [7, 11) is -6.12. The van der Waals surface area contributed by atoms with Crippen LogP contribution in [0.2, 0.25) is 5.02 Å². The van der Waals surface area contributed by atoms with Crippen molar-refractivity contribution in [1.29, 1.82) is 0 Å². The SMILES string of the molecule is COc1ccc(S(=O)(=O)C2CN(S(=O)(=O)c3ccc(F)c(Cl)c3)C2)cc1. The van der Waals surface area contributed by atoms with E-state index in [1.54, 1.807) is 0 Å². The molecule has 0 atom stereocenters. The van der Waals surface area contributed by atoms with Gasteiger partial charge in [0.15, 0.2) is 9.84 Å². The van der Waals surface area contributed by atoms with Gasteiger partial charge in [-0.25, -0.2) is 21.2 Å². The number of hydrogen-bond donors (Lipinski definition) is 0. The summed E-state index contributed by atoms with van der Waals surface area (Å²) in [4.78, 5) is -0.0747. The zero-order chi connectivity index (χ0) is 19.1. The van der Waals surface area contributed by atoms with Crippen molar-refractivity contribution in [3.8, 4) is 5.75 Å². The number of benzene rings is 2. The van der Waals surface area contributed by atoms with E-state index in [4.69, 9.17) is 16.3 Å². The fourth-order valence-corrected chi connectivity index (χ4v) is 6.18. The van der Waals surface area contributed by atoms with E-state index in [9.17, 15) is 21.2 Å². The highest BCUT2D eigenvalue weighted by atomic mass is 35.5. The normalized spacial score (nSPS) is 16.3. The molecule has 3 rings (SSSR count). The predicted molar refractivity (Wildman–Crippen MR) is 94.1 cm³/mol. The molecule has 2 aromatic rings. The van der Waals surface area contributed by atoms with Crippen molar-refractivity contribution in [1.82, 2.24) is 4.31 Å². The molecule has 0 saturated carbocycles. The van der Waals surface area contributed by atoms with Gasteiger partial charge in [-0.2, -0.15) is 4.31 Å². The van der Waals surface area contributed by atoms with E-state index < -0.39 is 30.9 Å². The van der Waals surface area contributed by atoms with Crippen molar-refractivity contribution in [3.63, 3.8) is 0 Å². The smallest absolute Gasteiger partial charge is 0.243 e. The minimum Gasteiger partial charge on any atom is -0.497 e. The highest BCUT2D eigenvalue weighted by Gasteiger charge is 2.44. The summed E-state index contributed by atoms with van der Waals surface area (Å²) in [5.41, 5.74) is 0. The second-order valence-corrected chi connectivity index (χ2v) is 10.3. The standard InChI is InChI=1S/C16H15ClFNO5S2/c1-24-11-2-4-12(5-3-11)25(20,21)14-9-19(10-14)26(22,23)13-6-7-16(18)15(17)8-13/h2-8,14H,9-10H2,1H3. The van der Waals surface area contributed by atoms with Crippen LogP contribution in [0.15, 0.2) is 52.3 Å². The van der Waals surface area contributed by atoms with Crippen LogP contribution >= 0.6 is 11.6 Å². The molecule has 0 radical (unpaired) electrons. The summed E-state index contributed by atoms with van der Waals surface area (Å²) in [5, 5.41) is -1.16. The lowest BCUT2D eigenvalue weighted by Crippen LogP contribution is -2.56. The van der Waals surface area contributed by atoms with Gasteiger partial charge in [0.2, 0.25) is 10.0 Å². The Kier molecular flexibility index (Phi) is 5.00. The fraction of sp³-hybridized carbons (Fsp3) is 0.250. The zero-order valence-corrected chi connectivity index (χ0v) is 16.0. The van der Waals surface area contributed by atoms with E-state index in [1.807, 2.05) is 0 Å². The molecule has 0 unspecified atom stereocenters. The Morgan fingerprint density at radius 2 is 1.62 bits per heavy atom. The topological polar surface area (TPSA) is 80.8 Å². The average Bonchev–Trinajstić information content (AvgIpc) is 2.55. The van der Waals surface area contributed by atoms with E-state index in [2.05, 4.69) is 0 Å². The van der Waals surface area contributed by atoms with Gasteiger partial charge >= 0.3 is 0 Å². The molecule has 0 bridgehead atoms. The van der Waals surface area contributed by atoms with Crippen molar-refractivity contribution in [2.24, 2.45) is 0 Å². The molecule has 26 heavy (non-hydrogen) atoms. The van der Waals surface area contributed by atoms with E-state index in [0.717, 1.165) is 22.5 Å². The number of methoxy groups -OCH3 is 1. The Balaban J connectivity index is 1.77. The summed E-state index contributed by atoms with van der Waals surface area (Å²) in [6.45, 7) is -0.350. The first kappa shape index (κ1) is 19.1. The number of halogens is 2. The van der Waals surface area contributed by atoms with Crippen LogP contribution in [0.4, 0.5) is 4.39 Å². The minimum atomic E-state index is -3.93. The maximum atomic E-state index is 13.2. The number of rotatable bonds is 5. The minimum absolute atomic E-state index is 0.102. The van der Waals surface area contributed by atoms with Gasteiger partial charge in [-0.15, -0.1) is 0 Å². The molecule has 1 aliphatic heterocycles.